The molecule has 1 amide bonds. The fraction of sp³-hybridized carbons (Fsp3) is 0.235. The molecule has 2 aromatic carbocycles. The van der Waals surface area contributed by atoms with Crippen molar-refractivity contribution >= 4 is 11.6 Å². The molecule has 0 fully saturated rings. The summed E-state index contributed by atoms with van der Waals surface area (Å²) in [6, 6.07) is 13.6. The molecule has 0 aliphatic heterocycles. The van der Waals surface area contributed by atoms with Gasteiger partial charge in [-0.25, -0.2) is 0 Å². The van der Waals surface area contributed by atoms with Gasteiger partial charge in [0.2, 0.25) is 0 Å². The lowest BCUT2D eigenvalue weighted by Crippen LogP contribution is -2.24. The summed E-state index contributed by atoms with van der Waals surface area (Å²) in [5.74, 6) is -0.131. The van der Waals surface area contributed by atoms with Crippen molar-refractivity contribution in [3.8, 4) is 0 Å². The van der Waals surface area contributed by atoms with Crippen LogP contribution in [-0.2, 0) is 13.0 Å². The number of anilines is 1. The van der Waals surface area contributed by atoms with E-state index in [1.165, 1.54) is 5.56 Å². The van der Waals surface area contributed by atoms with Crippen LogP contribution in [0.25, 0.3) is 0 Å². The Kier molecular flexibility index (Phi) is 4.41. The molecule has 3 heteroatoms. The molecule has 0 aliphatic rings. The van der Waals surface area contributed by atoms with Gasteiger partial charge < -0.3 is 11.1 Å². The highest BCUT2D eigenvalue weighted by molar-refractivity contribution is 5.99. The fourth-order valence-corrected chi connectivity index (χ4v) is 2.23. The van der Waals surface area contributed by atoms with Crippen LogP contribution >= 0.6 is 0 Å². The monoisotopic (exact) mass is 268 g/mol. The third-order valence-corrected chi connectivity index (χ3v) is 3.39. The standard InChI is InChI=1S/C17H20N2O/c1-3-13-6-4-5-7-14(13)11-19-17(20)15-9-8-12(2)10-16(15)18/h4-10H,3,11,18H2,1-2H3,(H,19,20). The highest BCUT2D eigenvalue weighted by Crippen LogP contribution is 2.14. The average molecular weight is 268 g/mol. The number of hydrogen-bond donors (Lipinski definition) is 2. The van der Waals surface area contributed by atoms with Crippen LogP contribution in [0.15, 0.2) is 42.5 Å². The van der Waals surface area contributed by atoms with E-state index in [2.05, 4.69) is 18.3 Å². The Labute approximate surface area is 119 Å². The van der Waals surface area contributed by atoms with Crippen LogP contribution in [0.3, 0.4) is 0 Å². The molecular weight excluding hydrogens is 248 g/mol. The highest BCUT2D eigenvalue weighted by atomic mass is 16.1. The molecule has 20 heavy (non-hydrogen) atoms. The van der Waals surface area contributed by atoms with Crippen molar-refractivity contribution in [2.24, 2.45) is 0 Å². The SMILES string of the molecule is CCc1ccccc1CNC(=O)c1ccc(C)cc1N. The predicted molar refractivity (Wildman–Crippen MR) is 82.6 cm³/mol. The van der Waals surface area contributed by atoms with Crippen LogP contribution < -0.4 is 11.1 Å². The number of carbonyl (C=O) groups excluding carboxylic acids is 1. The minimum Gasteiger partial charge on any atom is -0.398 e. The van der Waals surface area contributed by atoms with Crippen molar-refractivity contribution in [1.29, 1.82) is 0 Å². The van der Waals surface area contributed by atoms with Crippen LogP contribution in [-0.4, -0.2) is 5.91 Å². The van der Waals surface area contributed by atoms with E-state index < -0.39 is 0 Å². The summed E-state index contributed by atoms with van der Waals surface area (Å²) < 4.78 is 0. The molecule has 0 spiro atoms. The van der Waals surface area contributed by atoms with Crippen molar-refractivity contribution in [2.45, 2.75) is 26.8 Å². The summed E-state index contributed by atoms with van der Waals surface area (Å²) in [7, 11) is 0. The number of benzene rings is 2. The number of aryl methyl sites for hydroxylation is 2. The number of nitrogens with two attached hydrogens (primary N) is 1. The molecule has 0 bridgehead atoms. The van der Waals surface area contributed by atoms with Gasteiger partial charge in [0.05, 0.1) is 5.56 Å². The normalized spacial score (nSPS) is 10.3. The second-order valence-corrected chi connectivity index (χ2v) is 4.90. The van der Waals surface area contributed by atoms with Gasteiger partial charge in [0.1, 0.15) is 0 Å². The first-order chi connectivity index (χ1) is 9.61. The van der Waals surface area contributed by atoms with E-state index in [-0.39, 0.29) is 5.91 Å². The average Bonchev–Trinajstić information content (AvgIpc) is 2.45. The number of nitrogens with one attached hydrogen (secondary N) is 1. The Bertz CT molecular complexity index is 620. The molecule has 0 atom stereocenters. The zero-order valence-corrected chi connectivity index (χ0v) is 11.9. The molecule has 0 unspecified atom stereocenters. The number of carbonyl (C=O) groups is 1. The maximum Gasteiger partial charge on any atom is 0.253 e. The molecule has 0 saturated heterocycles. The molecule has 3 N–H and O–H groups in total. The van der Waals surface area contributed by atoms with Crippen LogP contribution in [0.1, 0.15) is 34.0 Å². The lowest BCUT2D eigenvalue weighted by molar-refractivity contribution is 0.0951. The third kappa shape index (κ3) is 3.18. The number of amides is 1. The van der Waals surface area contributed by atoms with Gasteiger partial charge in [0.25, 0.3) is 5.91 Å². The molecular formula is C17H20N2O. The second kappa shape index (κ2) is 6.24. The van der Waals surface area contributed by atoms with Gasteiger partial charge in [-0.2, -0.15) is 0 Å². The van der Waals surface area contributed by atoms with Crippen molar-refractivity contribution in [3.05, 3.63) is 64.7 Å². The third-order valence-electron chi connectivity index (χ3n) is 3.39. The van der Waals surface area contributed by atoms with E-state index in [0.717, 1.165) is 17.5 Å². The van der Waals surface area contributed by atoms with Gasteiger partial charge in [-0.05, 0) is 42.2 Å². The van der Waals surface area contributed by atoms with Crippen LogP contribution in [0.5, 0.6) is 0 Å². The molecule has 0 heterocycles. The molecule has 104 valence electrons. The predicted octanol–water partition coefficient (Wildman–Crippen LogP) is 3.07. The van der Waals surface area contributed by atoms with E-state index in [4.69, 9.17) is 5.73 Å². The molecule has 0 aromatic heterocycles. The Balaban J connectivity index is 2.09. The van der Waals surface area contributed by atoms with Gasteiger partial charge in [0.15, 0.2) is 0 Å². The summed E-state index contributed by atoms with van der Waals surface area (Å²) in [6.45, 7) is 4.59. The Morgan fingerprint density at radius 3 is 2.50 bits per heavy atom. The van der Waals surface area contributed by atoms with Gasteiger partial charge in [-0.15, -0.1) is 0 Å². The largest absolute Gasteiger partial charge is 0.398 e. The summed E-state index contributed by atoms with van der Waals surface area (Å²) in [4.78, 5) is 12.2. The van der Waals surface area contributed by atoms with Crippen molar-refractivity contribution in [1.82, 2.24) is 5.32 Å². The maximum atomic E-state index is 12.2. The second-order valence-electron chi connectivity index (χ2n) is 4.90. The zero-order chi connectivity index (χ0) is 14.5. The van der Waals surface area contributed by atoms with E-state index in [1.54, 1.807) is 6.07 Å². The van der Waals surface area contributed by atoms with E-state index >= 15 is 0 Å². The highest BCUT2D eigenvalue weighted by Gasteiger charge is 2.09. The number of rotatable bonds is 4. The van der Waals surface area contributed by atoms with E-state index in [9.17, 15) is 4.79 Å². The van der Waals surface area contributed by atoms with Crippen LogP contribution in [0.4, 0.5) is 5.69 Å². The molecule has 2 aromatic rings. The lowest BCUT2D eigenvalue weighted by Gasteiger charge is -2.11. The van der Waals surface area contributed by atoms with Crippen molar-refractivity contribution < 1.29 is 4.79 Å². The Hall–Kier alpha value is -2.29. The summed E-state index contributed by atoms with van der Waals surface area (Å²) in [5, 5.41) is 2.93. The minimum absolute atomic E-state index is 0.131. The Morgan fingerprint density at radius 2 is 1.85 bits per heavy atom. The molecule has 0 saturated carbocycles. The lowest BCUT2D eigenvalue weighted by atomic mass is 10.0. The molecule has 0 radical (unpaired) electrons. The quantitative estimate of drug-likeness (QED) is 0.837. The summed E-state index contributed by atoms with van der Waals surface area (Å²) >= 11 is 0. The van der Waals surface area contributed by atoms with Crippen molar-refractivity contribution in [2.75, 3.05) is 5.73 Å². The first-order valence-corrected chi connectivity index (χ1v) is 6.83. The van der Waals surface area contributed by atoms with E-state index in [1.807, 2.05) is 37.3 Å². The van der Waals surface area contributed by atoms with E-state index in [0.29, 0.717) is 17.8 Å². The zero-order valence-electron chi connectivity index (χ0n) is 11.9. The molecule has 2 rings (SSSR count). The van der Waals surface area contributed by atoms with Gasteiger partial charge in [-0.3, -0.25) is 4.79 Å². The number of nitrogen functional groups attached to an aromatic ring is 1. The van der Waals surface area contributed by atoms with Crippen LogP contribution in [0, 0.1) is 6.92 Å². The van der Waals surface area contributed by atoms with Gasteiger partial charge >= 0.3 is 0 Å². The Morgan fingerprint density at radius 1 is 1.15 bits per heavy atom. The summed E-state index contributed by atoms with van der Waals surface area (Å²) in [6.07, 6.45) is 0.957. The molecule has 0 aliphatic carbocycles. The smallest absolute Gasteiger partial charge is 0.253 e. The number of hydrogen-bond acceptors (Lipinski definition) is 2. The first kappa shape index (κ1) is 14.1. The van der Waals surface area contributed by atoms with Crippen molar-refractivity contribution in [3.63, 3.8) is 0 Å². The topological polar surface area (TPSA) is 55.1 Å². The fourth-order valence-electron chi connectivity index (χ4n) is 2.23. The maximum absolute atomic E-state index is 12.2. The van der Waals surface area contributed by atoms with Gasteiger partial charge in [-0.1, -0.05) is 37.3 Å². The van der Waals surface area contributed by atoms with Gasteiger partial charge in [0, 0.05) is 12.2 Å². The summed E-state index contributed by atoms with van der Waals surface area (Å²) in [5.41, 5.74) is 10.4. The molecule has 3 nitrogen and oxygen atoms in total. The van der Waals surface area contributed by atoms with Crippen LogP contribution in [0.2, 0.25) is 0 Å². The first-order valence-electron chi connectivity index (χ1n) is 6.83. The minimum atomic E-state index is -0.131.